The topological polar surface area (TPSA) is 38.8 Å². The lowest BCUT2D eigenvalue weighted by Gasteiger charge is -2.38. The van der Waals surface area contributed by atoms with E-state index in [-0.39, 0.29) is 11.9 Å². The van der Waals surface area contributed by atoms with E-state index in [4.69, 9.17) is 21.1 Å². The van der Waals surface area contributed by atoms with E-state index in [9.17, 15) is 4.79 Å². The molecule has 0 unspecified atom stereocenters. The van der Waals surface area contributed by atoms with Crippen LogP contribution in [0.4, 0.5) is 0 Å². The summed E-state index contributed by atoms with van der Waals surface area (Å²) < 4.78 is 11.0. The number of nitrogens with zero attached hydrogens (tertiary/aromatic N) is 1. The van der Waals surface area contributed by atoms with Gasteiger partial charge in [0.15, 0.2) is 11.5 Å². The Morgan fingerprint density at radius 1 is 0.966 bits per heavy atom. The number of hydrogen-bond acceptors (Lipinski definition) is 3. The lowest BCUT2D eigenvalue weighted by Crippen LogP contribution is -2.40. The van der Waals surface area contributed by atoms with Crippen LogP contribution >= 0.6 is 11.6 Å². The first-order valence-electron chi connectivity index (χ1n) is 9.48. The third-order valence-corrected chi connectivity index (χ3v) is 5.59. The molecular weight excluding hydrogens is 386 g/mol. The highest BCUT2D eigenvalue weighted by atomic mass is 35.5. The second-order valence-electron chi connectivity index (χ2n) is 6.97. The minimum Gasteiger partial charge on any atom is -0.493 e. The maximum Gasteiger partial charge on any atom is 0.254 e. The Kier molecular flexibility index (Phi) is 5.45. The molecule has 29 heavy (non-hydrogen) atoms. The van der Waals surface area contributed by atoms with Crippen LogP contribution in [0, 0.1) is 0 Å². The second kappa shape index (κ2) is 8.18. The molecule has 3 aromatic rings. The van der Waals surface area contributed by atoms with Gasteiger partial charge in [0, 0.05) is 17.1 Å². The average molecular weight is 408 g/mol. The molecule has 1 atom stereocenters. The number of hydrogen-bond donors (Lipinski definition) is 0. The van der Waals surface area contributed by atoms with Crippen LogP contribution in [0.1, 0.15) is 33.1 Å². The third-order valence-electron chi connectivity index (χ3n) is 5.34. The van der Waals surface area contributed by atoms with Crippen molar-refractivity contribution in [1.82, 2.24) is 4.90 Å². The van der Waals surface area contributed by atoms with Gasteiger partial charge in [-0.1, -0.05) is 41.9 Å². The molecule has 0 aromatic heterocycles. The Morgan fingerprint density at radius 2 is 1.62 bits per heavy atom. The Bertz CT molecular complexity index is 1020. The number of halogens is 1. The minimum atomic E-state index is -0.206. The number of amides is 1. The normalized spacial score (nSPS) is 15.6. The molecule has 3 aromatic carbocycles. The molecule has 4 rings (SSSR count). The van der Waals surface area contributed by atoms with Crippen LogP contribution in [0.15, 0.2) is 66.7 Å². The molecule has 0 saturated heterocycles. The molecule has 0 saturated carbocycles. The molecule has 0 N–H and O–H groups in total. The molecule has 1 aliphatic rings. The van der Waals surface area contributed by atoms with Crippen molar-refractivity contribution in [3.05, 3.63) is 94.0 Å². The largest absolute Gasteiger partial charge is 0.493 e. The summed E-state index contributed by atoms with van der Waals surface area (Å²) in [6, 6.07) is 20.9. The van der Waals surface area contributed by atoms with Gasteiger partial charge in [-0.25, -0.2) is 0 Å². The number of carbonyl (C=O) groups is 1. The van der Waals surface area contributed by atoms with Crippen molar-refractivity contribution in [2.45, 2.75) is 12.5 Å². The van der Waals surface area contributed by atoms with Crippen molar-refractivity contribution >= 4 is 17.5 Å². The first kappa shape index (κ1) is 19.3. The maximum absolute atomic E-state index is 13.4. The summed E-state index contributed by atoms with van der Waals surface area (Å²) in [5, 5.41) is 0.613. The van der Waals surface area contributed by atoms with Gasteiger partial charge in [-0.2, -0.15) is 0 Å². The average Bonchev–Trinajstić information content (AvgIpc) is 2.77. The summed E-state index contributed by atoms with van der Waals surface area (Å²) in [6.07, 6.45) is 0.748. The number of methoxy groups -OCH3 is 2. The predicted molar refractivity (Wildman–Crippen MR) is 114 cm³/mol. The molecule has 1 amide bonds. The SMILES string of the molecule is COc1cc2c(cc1OC)[C@H](c1ccccc1)N(C(=O)c1ccc(Cl)cc1)CC2. The van der Waals surface area contributed by atoms with Crippen molar-refractivity contribution in [3.8, 4) is 11.5 Å². The highest BCUT2D eigenvalue weighted by molar-refractivity contribution is 6.30. The van der Waals surface area contributed by atoms with Crippen LogP contribution in [-0.2, 0) is 6.42 Å². The lowest BCUT2D eigenvalue weighted by molar-refractivity contribution is 0.0694. The zero-order chi connectivity index (χ0) is 20.4. The molecule has 0 radical (unpaired) electrons. The van der Waals surface area contributed by atoms with Gasteiger partial charge in [0.25, 0.3) is 5.91 Å². The van der Waals surface area contributed by atoms with Crippen LogP contribution in [-0.4, -0.2) is 31.6 Å². The van der Waals surface area contributed by atoms with Crippen molar-refractivity contribution in [1.29, 1.82) is 0 Å². The van der Waals surface area contributed by atoms with Gasteiger partial charge in [0.05, 0.1) is 20.3 Å². The summed E-state index contributed by atoms with van der Waals surface area (Å²) >= 11 is 6.00. The summed E-state index contributed by atoms with van der Waals surface area (Å²) in [4.78, 5) is 15.3. The van der Waals surface area contributed by atoms with Crippen LogP contribution < -0.4 is 9.47 Å². The molecule has 0 fully saturated rings. The zero-order valence-electron chi connectivity index (χ0n) is 16.4. The number of carbonyl (C=O) groups excluding carboxylic acids is 1. The van der Waals surface area contributed by atoms with E-state index in [0.717, 1.165) is 23.1 Å². The van der Waals surface area contributed by atoms with E-state index < -0.39 is 0 Å². The maximum atomic E-state index is 13.4. The lowest BCUT2D eigenvalue weighted by atomic mass is 9.87. The third kappa shape index (κ3) is 3.68. The first-order chi connectivity index (χ1) is 14.1. The Hall–Kier alpha value is -2.98. The number of ether oxygens (including phenoxy) is 2. The molecule has 0 spiro atoms. The summed E-state index contributed by atoms with van der Waals surface area (Å²) in [6.45, 7) is 0.615. The van der Waals surface area contributed by atoms with Crippen molar-refractivity contribution in [2.24, 2.45) is 0 Å². The van der Waals surface area contributed by atoms with Crippen LogP contribution in [0.25, 0.3) is 0 Å². The van der Waals surface area contributed by atoms with Crippen molar-refractivity contribution in [3.63, 3.8) is 0 Å². The summed E-state index contributed by atoms with van der Waals surface area (Å²) in [5.41, 5.74) is 3.90. The first-order valence-corrected chi connectivity index (χ1v) is 9.86. The minimum absolute atomic E-state index is 0.0176. The van der Waals surface area contributed by atoms with E-state index in [1.54, 1.807) is 38.5 Å². The van der Waals surface area contributed by atoms with Gasteiger partial charge < -0.3 is 14.4 Å². The highest BCUT2D eigenvalue weighted by Gasteiger charge is 2.33. The molecule has 148 valence electrons. The van der Waals surface area contributed by atoms with Crippen LogP contribution in [0.2, 0.25) is 5.02 Å². The van der Waals surface area contributed by atoms with Gasteiger partial charge in [-0.15, -0.1) is 0 Å². The fourth-order valence-electron chi connectivity index (χ4n) is 3.92. The summed E-state index contributed by atoms with van der Waals surface area (Å²) in [5.74, 6) is 1.35. The number of fused-ring (bicyclic) bond motifs is 1. The fraction of sp³-hybridized carbons (Fsp3) is 0.208. The fourth-order valence-corrected chi connectivity index (χ4v) is 4.04. The molecular formula is C24H22ClNO3. The van der Waals surface area contributed by atoms with Gasteiger partial charge >= 0.3 is 0 Å². The van der Waals surface area contributed by atoms with Crippen molar-refractivity contribution < 1.29 is 14.3 Å². The second-order valence-corrected chi connectivity index (χ2v) is 7.41. The van der Waals surface area contributed by atoms with Gasteiger partial charge in [0.2, 0.25) is 0 Å². The monoisotopic (exact) mass is 407 g/mol. The smallest absolute Gasteiger partial charge is 0.254 e. The van der Waals surface area contributed by atoms with Gasteiger partial charge in [-0.05, 0) is 59.5 Å². The van der Waals surface area contributed by atoms with Crippen LogP contribution in [0.3, 0.4) is 0 Å². The Labute approximate surface area is 175 Å². The van der Waals surface area contributed by atoms with Gasteiger partial charge in [-0.3, -0.25) is 4.79 Å². The van der Waals surface area contributed by atoms with E-state index >= 15 is 0 Å². The molecule has 4 nitrogen and oxygen atoms in total. The predicted octanol–water partition coefficient (Wildman–Crippen LogP) is 5.15. The summed E-state index contributed by atoms with van der Waals surface area (Å²) in [7, 11) is 3.26. The Morgan fingerprint density at radius 3 is 2.28 bits per heavy atom. The Balaban J connectivity index is 1.83. The van der Waals surface area contributed by atoms with Crippen molar-refractivity contribution in [2.75, 3.05) is 20.8 Å². The molecule has 1 heterocycles. The molecule has 5 heteroatoms. The van der Waals surface area contributed by atoms with E-state index in [1.165, 1.54) is 0 Å². The quantitative estimate of drug-likeness (QED) is 0.600. The zero-order valence-corrected chi connectivity index (χ0v) is 17.1. The van der Waals surface area contributed by atoms with Crippen LogP contribution in [0.5, 0.6) is 11.5 Å². The molecule has 0 aliphatic carbocycles. The molecule has 1 aliphatic heterocycles. The van der Waals surface area contributed by atoms with Gasteiger partial charge in [0.1, 0.15) is 0 Å². The number of benzene rings is 3. The van der Waals surface area contributed by atoms with E-state index in [0.29, 0.717) is 28.6 Å². The number of rotatable bonds is 4. The highest BCUT2D eigenvalue weighted by Crippen LogP contribution is 2.41. The van der Waals surface area contributed by atoms with E-state index in [2.05, 4.69) is 12.1 Å². The van der Waals surface area contributed by atoms with E-state index in [1.807, 2.05) is 35.2 Å². The standard InChI is InChI=1S/C24H22ClNO3/c1-28-21-14-18-12-13-26(24(27)17-8-10-19(25)11-9-17)23(16-6-4-3-5-7-16)20(18)15-22(21)29-2/h3-11,14-15,23H,12-13H2,1-2H3/t23-/m0/s1. The molecule has 0 bridgehead atoms.